The van der Waals surface area contributed by atoms with E-state index < -0.39 is 0 Å². The molecule has 1 N–H and O–H groups in total. The molecular formula is C11H25N. The number of hydrogen-bond acceptors (Lipinski definition) is 1. The van der Waals surface area contributed by atoms with Crippen LogP contribution in [0.3, 0.4) is 0 Å². The highest BCUT2D eigenvalue weighted by atomic mass is 14.8. The molecular weight excluding hydrogens is 146 g/mol. The van der Waals surface area contributed by atoms with Gasteiger partial charge in [0.15, 0.2) is 0 Å². The van der Waals surface area contributed by atoms with Crippen LogP contribution >= 0.6 is 0 Å². The van der Waals surface area contributed by atoms with Gasteiger partial charge in [0.1, 0.15) is 0 Å². The third-order valence-corrected chi connectivity index (χ3v) is 2.21. The minimum Gasteiger partial charge on any atom is -0.319 e. The van der Waals surface area contributed by atoms with Gasteiger partial charge in [0.25, 0.3) is 0 Å². The Balaban J connectivity index is 3.75. The molecule has 0 bridgehead atoms. The Labute approximate surface area is 77.9 Å². The van der Waals surface area contributed by atoms with Crippen molar-refractivity contribution < 1.29 is 0 Å². The van der Waals surface area contributed by atoms with E-state index >= 15 is 0 Å². The molecule has 0 saturated heterocycles. The van der Waals surface area contributed by atoms with E-state index in [1.54, 1.807) is 0 Å². The predicted molar refractivity (Wildman–Crippen MR) is 56.4 cm³/mol. The standard InChI is InChI=1S/C11H25N/c1-10(2,3)7-8-11(4,5)9-12-6/h12H,7-9H2,1-6H3. The van der Waals surface area contributed by atoms with Crippen molar-refractivity contribution in [1.29, 1.82) is 0 Å². The smallest absolute Gasteiger partial charge is 0.0000484 e. The Morgan fingerprint density at radius 1 is 0.917 bits per heavy atom. The van der Waals surface area contributed by atoms with Crippen molar-refractivity contribution in [2.75, 3.05) is 13.6 Å². The molecule has 0 aromatic rings. The molecule has 12 heavy (non-hydrogen) atoms. The summed E-state index contributed by atoms with van der Waals surface area (Å²) in [7, 11) is 2.03. The highest BCUT2D eigenvalue weighted by molar-refractivity contribution is 4.74. The van der Waals surface area contributed by atoms with E-state index in [4.69, 9.17) is 0 Å². The van der Waals surface area contributed by atoms with Gasteiger partial charge in [-0.3, -0.25) is 0 Å². The highest BCUT2D eigenvalue weighted by Crippen LogP contribution is 2.29. The summed E-state index contributed by atoms with van der Waals surface area (Å²) >= 11 is 0. The first kappa shape index (κ1) is 12.0. The first-order valence-corrected chi connectivity index (χ1v) is 4.91. The van der Waals surface area contributed by atoms with Gasteiger partial charge >= 0.3 is 0 Å². The van der Waals surface area contributed by atoms with Crippen molar-refractivity contribution in [2.45, 2.75) is 47.5 Å². The van der Waals surface area contributed by atoms with E-state index in [2.05, 4.69) is 39.9 Å². The lowest BCUT2D eigenvalue weighted by molar-refractivity contribution is 0.251. The van der Waals surface area contributed by atoms with E-state index in [1.165, 1.54) is 12.8 Å². The van der Waals surface area contributed by atoms with E-state index in [9.17, 15) is 0 Å². The Morgan fingerprint density at radius 2 is 1.42 bits per heavy atom. The van der Waals surface area contributed by atoms with Crippen molar-refractivity contribution >= 4 is 0 Å². The molecule has 0 saturated carbocycles. The van der Waals surface area contributed by atoms with E-state index in [1.807, 2.05) is 7.05 Å². The van der Waals surface area contributed by atoms with Gasteiger partial charge in [0.05, 0.1) is 0 Å². The molecule has 0 aromatic heterocycles. The highest BCUT2D eigenvalue weighted by Gasteiger charge is 2.20. The Kier molecular flexibility index (Phi) is 4.25. The average Bonchev–Trinajstić information content (AvgIpc) is 1.83. The fourth-order valence-electron chi connectivity index (χ4n) is 1.28. The van der Waals surface area contributed by atoms with Gasteiger partial charge in [-0.2, -0.15) is 0 Å². The lowest BCUT2D eigenvalue weighted by Crippen LogP contribution is -2.27. The quantitative estimate of drug-likeness (QED) is 0.685. The SMILES string of the molecule is CNCC(C)(C)CCC(C)(C)C. The molecule has 74 valence electrons. The van der Waals surface area contributed by atoms with Crippen LogP contribution in [0.5, 0.6) is 0 Å². The van der Waals surface area contributed by atoms with Crippen molar-refractivity contribution in [3.05, 3.63) is 0 Å². The fourth-order valence-corrected chi connectivity index (χ4v) is 1.28. The molecule has 0 rings (SSSR count). The van der Waals surface area contributed by atoms with Crippen molar-refractivity contribution in [3.63, 3.8) is 0 Å². The zero-order valence-corrected chi connectivity index (χ0v) is 9.62. The maximum absolute atomic E-state index is 3.24. The van der Waals surface area contributed by atoms with Crippen LogP contribution in [-0.4, -0.2) is 13.6 Å². The zero-order chi connectivity index (χ0) is 9.83. The monoisotopic (exact) mass is 171 g/mol. The van der Waals surface area contributed by atoms with Gasteiger partial charge in [0, 0.05) is 0 Å². The molecule has 0 radical (unpaired) electrons. The molecule has 0 aromatic carbocycles. The molecule has 0 amide bonds. The molecule has 0 spiro atoms. The van der Waals surface area contributed by atoms with Gasteiger partial charge in [-0.05, 0) is 37.3 Å². The summed E-state index contributed by atoms with van der Waals surface area (Å²) in [4.78, 5) is 0. The van der Waals surface area contributed by atoms with Crippen LogP contribution in [0, 0.1) is 10.8 Å². The van der Waals surface area contributed by atoms with E-state index in [-0.39, 0.29) is 0 Å². The minimum absolute atomic E-state index is 0.446. The lowest BCUT2D eigenvalue weighted by Gasteiger charge is -2.28. The number of hydrogen-bond donors (Lipinski definition) is 1. The Bertz CT molecular complexity index is 119. The summed E-state index contributed by atoms with van der Waals surface area (Å²) in [6.07, 6.45) is 2.61. The maximum atomic E-state index is 3.24. The summed E-state index contributed by atoms with van der Waals surface area (Å²) < 4.78 is 0. The van der Waals surface area contributed by atoms with Crippen LogP contribution in [0.1, 0.15) is 47.5 Å². The second-order valence-electron chi connectivity index (χ2n) is 5.76. The molecule has 0 fully saturated rings. The van der Waals surface area contributed by atoms with Gasteiger partial charge in [0.2, 0.25) is 0 Å². The summed E-state index contributed by atoms with van der Waals surface area (Å²) in [5, 5.41) is 3.24. The van der Waals surface area contributed by atoms with Crippen LogP contribution in [0.2, 0.25) is 0 Å². The Morgan fingerprint density at radius 3 is 1.75 bits per heavy atom. The third kappa shape index (κ3) is 6.66. The average molecular weight is 171 g/mol. The van der Waals surface area contributed by atoms with Gasteiger partial charge < -0.3 is 5.32 Å². The maximum Gasteiger partial charge on any atom is -0.0000484 e. The topological polar surface area (TPSA) is 12.0 Å². The number of rotatable bonds is 4. The molecule has 0 aliphatic rings. The minimum atomic E-state index is 0.446. The third-order valence-electron chi connectivity index (χ3n) is 2.21. The number of nitrogens with one attached hydrogen (secondary N) is 1. The lowest BCUT2D eigenvalue weighted by atomic mass is 9.80. The largest absolute Gasteiger partial charge is 0.319 e. The van der Waals surface area contributed by atoms with Crippen molar-refractivity contribution in [2.24, 2.45) is 10.8 Å². The normalized spacial score (nSPS) is 13.5. The van der Waals surface area contributed by atoms with Crippen molar-refractivity contribution in [1.82, 2.24) is 5.32 Å². The van der Waals surface area contributed by atoms with Crippen molar-refractivity contribution in [3.8, 4) is 0 Å². The first-order chi connectivity index (χ1) is 5.27. The van der Waals surface area contributed by atoms with Crippen LogP contribution in [0.25, 0.3) is 0 Å². The van der Waals surface area contributed by atoms with E-state index in [0.29, 0.717) is 10.8 Å². The van der Waals surface area contributed by atoms with Crippen LogP contribution < -0.4 is 5.32 Å². The van der Waals surface area contributed by atoms with Gasteiger partial charge in [-0.25, -0.2) is 0 Å². The molecule has 0 aliphatic carbocycles. The predicted octanol–water partition coefficient (Wildman–Crippen LogP) is 3.06. The van der Waals surface area contributed by atoms with Crippen LogP contribution in [0.4, 0.5) is 0 Å². The molecule has 1 nitrogen and oxygen atoms in total. The summed E-state index contributed by atoms with van der Waals surface area (Å²) in [6, 6.07) is 0. The Hall–Kier alpha value is -0.0400. The van der Waals surface area contributed by atoms with Crippen LogP contribution in [0.15, 0.2) is 0 Å². The molecule has 1 heteroatoms. The van der Waals surface area contributed by atoms with Crippen LogP contribution in [-0.2, 0) is 0 Å². The van der Waals surface area contributed by atoms with Gasteiger partial charge in [-0.15, -0.1) is 0 Å². The second kappa shape index (κ2) is 4.27. The summed E-state index contributed by atoms with van der Waals surface area (Å²) in [5.74, 6) is 0. The molecule has 0 heterocycles. The molecule has 0 unspecified atom stereocenters. The molecule has 0 atom stereocenters. The van der Waals surface area contributed by atoms with Gasteiger partial charge in [-0.1, -0.05) is 34.6 Å². The molecule has 0 aliphatic heterocycles. The first-order valence-electron chi connectivity index (χ1n) is 4.91. The summed E-state index contributed by atoms with van der Waals surface area (Å²) in [6.45, 7) is 12.7. The summed E-state index contributed by atoms with van der Waals surface area (Å²) in [5.41, 5.74) is 0.924. The fraction of sp³-hybridized carbons (Fsp3) is 1.00. The zero-order valence-electron chi connectivity index (χ0n) is 9.62. The van der Waals surface area contributed by atoms with E-state index in [0.717, 1.165) is 6.54 Å². The second-order valence-corrected chi connectivity index (χ2v) is 5.76.